The molecule has 0 saturated carbocycles. The van der Waals surface area contributed by atoms with Crippen molar-refractivity contribution in [1.29, 1.82) is 0 Å². The SMILES string of the molecule is CCNC(=NCc1ccc(COCC)cc1)NCCCCSC.I. The predicted molar refractivity (Wildman–Crippen MR) is 118 cm³/mol. The average Bonchev–Trinajstić information content (AvgIpc) is 2.58. The van der Waals surface area contributed by atoms with Gasteiger partial charge in [0.15, 0.2) is 5.96 Å². The van der Waals surface area contributed by atoms with Crippen LogP contribution in [0.5, 0.6) is 0 Å². The van der Waals surface area contributed by atoms with E-state index in [-0.39, 0.29) is 24.0 Å². The molecule has 6 heteroatoms. The Morgan fingerprint density at radius 3 is 2.42 bits per heavy atom. The van der Waals surface area contributed by atoms with Gasteiger partial charge in [-0.05, 0) is 49.8 Å². The van der Waals surface area contributed by atoms with E-state index < -0.39 is 0 Å². The molecule has 0 fully saturated rings. The van der Waals surface area contributed by atoms with E-state index in [1.54, 1.807) is 0 Å². The lowest BCUT2D eigenvalue weighted by atomic mass is 10.1. The summed E-state index contributed by atoms with van der Waals surface area (Å²) in [5, 5.41) is 6.70. The van der Waals surface area contributed by atoms with Crippen LogP contribution in [0.25, 0.3) is 0 Å². The monoisotopic (exact) mass is 465 g/mol. The number of hydrogen-bond donors (Lipinski definition) is 2. The summed E-state index contributed by atoms with van der Waals surface area (Å²) in [7, 11) is 0. The summed E-state index contributed by atoms with van der Waals surface area (Å²) in [6.07, 6.45) is 4.57. The highest BCUT2D eigenvalue weighted by Gasteiger charge is 1.98. The van der Waals surface area contributed by atoms with Crippen molar-refractivity contribution in [2.75, 3.05) is 31.7 Å². The number of nitrogens with one attached hydrogen (secondary N) is 2. The first-order valence-electron chi connectivity index (χ1n) is 8.46. The minimum Gasteiger partial charge on any atom is -0.377 e. The second kappa shape index (κ2) is 16.0. The molecule has 4 nitrogen and oxygen atoms in total. The maximum atomic E-state index is 5.41. The molecule has 0 saturated heterocycles. The molecule has 0 aliphatic rings. The molecule has 138 valence electrons. The lowest BCUT2D eigenvalue weighted by Crippen LogP contribution is -2.37. The van der Waals surface area contributed by atoms with Gasteiger partial charge in [-0.1, -0.05) is 24.3 Å². The molecule has 24 heavy (non-hydrogen) atoms. The summed E-state index contributed by atoms with van der Waals surface area (Å²) in [5.74, 6) is 2.12. The molecule has 0 amide bonds. The Bertz CT molecular complexity index is 440. The number of aliphatic imine (C=N–C) groups is 1. The number of thioether (sulfide) groups is 1. The van der Waals surface area contributed by atoms with Crippen LogP contribution >= 0.6 is 35.7 Å². The first-order valence-corrected chi connectivity index (χ1v) is 9.86. The van der Waals surface area contributed by atoms with Gasteiger partial charge in [-0.3, -0.25) is 0 Å². The zero-order valence-electron chi connectivity index (χ0n) is 15.1. The lowest BCUT2D eigenvalue weighted by molar-refractivity contribution is 0.134. The first-order chi connectivity index (χ1) is 11.3. The van der Waals surface area contributed by atoms with Gasteiger partial charge in [0, 0.05) is 19.7 Å². The molecule has 1 aromatic rings. The third-order valence-electron chi connectivity index (χ3n) is 3.33. The van der Waals surface area contributed by atoms with Crippen molar-refractivity contribution in [1.82, 2.24) is 10.6 Å². The second-order valence-electron chi connectivity index (χ2n) is 5.28. The van der Waals surface area contributed by atoms with Crippen LogP contribution in [0.1, 0.15) is 37.8 Å². The normalized spacial score (nSPS) is 11.0. The number of ether oxygens (including phenoxy) is 1. The third kappa shape index (κ3) is 11.1. The molecular formula is C18H32IN3OS. The van der Waals surface area contributed by atoms with Crippen molar-refractivity contribution in [2.45, 2.75) is 39.8 Å². The van der Waals surface area contributed by atoms with Gasteiger partial charge in [-0.2, -0.15) is 11.8 Å². The Morgan fingerprint density at radius 1 is 1.08 bits per heavy atom. The summed E-state index contributed by atoms with van der Waals surface area (Å²) in [5.41, 5.74) is 2.42. The molecule has 0 spiro atoms. The van der Waals surface area contributed by atoms with E-state index in [4.69, 9.17) is 4.74 Å². The van der Waals surface area contributed by atoms with Crippen molar-refractivity contribution in [3.63, 3.8) is 0 Å². The molecule has 2 N–H and O–H groups in total. The minimum atomic E-state index is 0. The van der Waals surface area contributed by atoms with Crippen molar-refractivity contribution in [3.05, 3.63) is 35.4 Å². The van der Waals surface area contributed by atoms with Crippen LogP contribution in [-0.2, 0) is 17.9 Å². The number of guanidine groups is 1. The third-order valence-corrected chi connectivity index (χ3v) is 4.02. The fourth-order valence-corrected chi connectivity index (χ4v) is 2.54. The summed E-state index contributed by atoms with van der Waals surface area (Å²) in [4.78, 5) is 4.65. The quantitative estimate of drug-likeness (QED) is 0.224. The molecule has 0 aliphatic carbocycles. The van der Waals surface area contributed by atoms with Crippen LogP contribution in [0.2, 0.25) is 0 Å². The van der Waals surface area contributed by atoms with E-state index in [0.29, 0.717) is 13.2 Å². The number of nitrogens with zero attached hydrogens (tertiary/aromatic N) is 1. The fourth-order valence-electron chi connectivity index (χ4n) is 2.05. The van der Waals surface area contributed by atoms with Gasteiger partial charge in [0.25, 0.3) is 0 Å². The standard InChI is InChI=1S/C18H31N3OS.HI/c1-4-19-18(20-12-6-7-13-23-3)21-14-16-8-10-17(11-9-16)15-22-5-2;/h8-11H,4-7,12-15H2,1-3H3,(H2,19,20,21);1H. The van der Waals surface area contributed by atoms with Crippen LogP contribution in [0, 0.1) is 0 Å². The summed E-state index contributed by atoms with van der Waals surface area (Å²) in [6.45, 7) is 8.08. The Morgan fingerprint density at radius 2 is 1.79 bits per heavy atom. The van der Waals surface area contributed by atoms with E-state index in [2.05, 4.69) is 53.1 Å². The van der Waals surface area contributed by atoms with Crippen LogP contribution in [0.4, 0.5) is 0 Å². The Kier molecular flexibility index (Phi) is 15.7. The van der Waals surface area contributed by atoms with E-state index >= 15 is 0 Å². The lowest BCUT2D eigenvalue weighted by Gasteiger charge is -2.11. The van der Waals surface area contributed by atoms with E-state index in [1.165, 1.54) is 29.7 Å². The second-order valence-corrected chi connectivity index (χ2v) is 6.26. The van der Waals surface area contributed by atoms with Gasteiger partial charge in [0.1, 0.15) is 0 Å². The number of halogens is 1. The summed E-state index contributed by atoms with van der Waals surface area (Å²) >= 11 is 1.90. The van der Waals surface area contributed by atoms with Gasteiger partial charge in [0.05, 0.1) is 13.2 Å². The average molecular weight is 465 g/mol. The fraction of sp³-hybridized carbons (Fsp3) is 0.611. The number of rotatable bonds is 11. The van der Waals surface area contributed by atoms with Gasteiger partial charge < -0.3 is 15.4 Å². The van der Waals surface area contributed by atoms with E-state index in [9.17, 15) is 0 Å². The molecular weight excluding hydrogens is 433 g/mol. The van der Waals surface area contributed by atoms with Crippen molar-refractivity contribution >= 4 is 41.7 Å². The van der Waals surface area contributed by atoms with Crippen LogP contribution in [0.3, 0.4) is 0 Å². The number of hydrogen-bond acceptors (Lipinski definition) is 3. The molecule has 0 bridgehead atoms. The van der Waals surface area contributed by atoms with Gasteiger partial charge in [0.2, 0.25) is 0 Å². The zero-order valence-corrected chi connectivity index (χ0v) is 18.3. The Hall–Kier alpha value is -0.470. The van der Waals surface area contributed by atoms with Gasteiger partial charge >= 0.3 is 0 Å². The highest BCUT2D eigenvalue weighted by Crippen LogP contribution is 2.07. The van der Waals surface area contributed by atoms with Gasteiger partial charge in [-0.25, -0.2) is 4.99 Å². The maximum Gasteiger partial charge on any atom is 0.191 e. The molecule has 0 radical (unpaired) electrons. The predicted octanol–water partition coefficient (Wildman–Crippen LogP) is 4.04. The van der Waals surface area contributed by atoms with Crippen LogP contribution in [-0.4, -0.2) is 37.7 Å². The zero-order chi connectivity index (χ0) is 16.8. The summed E-state index contributed by atoms with van der Waals surface area (Å²) < 4.78 is 5.41. The topological polar surface area (TPSA) is 45.7 Å². The van der Waals surface area contributed by atoms with Crippen molar-refractivity contribution in [3.8, 4) is 0 Å². The number of benzene rings is 1. The maximum absolute atomic E-state index is 5.41. The highest BCUT2D eigenvalue weighted by atomic mass is 127. The molecule has 1 rings (SSSR count). The summed E-state index contributed by atoms with van der Waals surface area (Å²) in [6, 6.07) is 8.48. The molecule has 0 unspecified atom stereocenters. The Balaban J connectivity index is 0.00000529. The van der Waals surface area contributed by atoms with E-state index in [1.807, 2.05) is 18.7 Å². The van der Waals surface area contributed by atoms with Crippen LogP contribution < -0.4 is 10.6 Å². The molecule has 0 atom stereocenters. The molecule has 0 heterocycles. The molecule has 1 aromatic carbocycles. The molecule has 0 aliphatic heterocycles. The largest absolute Gasteiger partial charge is 0.377 e. The Labute approximate surface area is 168 Å². The van der Waals surface area contributed by atoms with Crippen molar-refractivity contribution in [2.24, 2.45) is 4.99 Å². The van der Waals surface area contributed by atoms with Gasteiger partial charge in [-0.15, -0.1) is 24.0 Å². The minimum absolute atomic E-state index is 0. The van der Waals surface area contributed by atoms with Crippen LogP contribution in [0.15, 0.2) is 29.3 Å². The molecule has 0 aromatic heterocycles. The first kappa shape index (κ1) is 23.5. The smallest absolute Gasteiger partial charge is 0.191 e. The van der Waals surface area contributed by atoms with Crippen molar-refractivity contribution < 1.29 is 4.74 Å². The van der Waals surface area contributed by atoms with E-state index in [0.717, 1.165) is 25.7 Å². The number of unbranched alkanes of at least 4 members (excludes halogenated alkanes) is 1. The highest BCUT2D eigenvalue weighted by molar-refractivity contribution is 14.0.